The van der Waals surface area contributed by atoms with E-state index in [9.17, 15) is 9.59 Å². The lowest BCUT2D eigenvalue weighted by atomic mass is 9.83. The summed E-state index contributed by atoms with van der Waals surface area (Å²) in [6.45, 7) is 4.23. The van der Waals surface area contributed by atoms with Crippen molar-refractivity contribution in [3.8, 4) is 0 Å². The number of rotatable bonds is 5. The molecule has 2 rings (SSSR count). The van der Waals surface area contributed by atoms with Gasteiger partial charge in [-0.15, -0.1) is 0 Å². The van der Waals surface area contributed by atoms with Gasteiger partial charge < -0.3 is 10.0 Å². The maximum atomic E-state index is 12.9. The number of halogens is 1. The van der Waals surface area contributed by atoms with Gasteiger partial charge in [-0.2, -0.15) is 0 Å². The number of hydrogen-bond donors (Lipinski definition) is 1. The Balaban J connectivity index is 2.14. The molecule has 0 aromatic heterocycles. The minimum Gasteiger partial charge on any atom is -0.478 e. The Bertz CT molecular complexity index is 753. The minimum atomic E-state index is -0.957. The highest BCUT2D eigenvalue weighted by Crippen LogP contribution is 2.28. The molecular weight excluding hydrogens is 370 g/mol. The number of nitrogens with zero attached hydrogens (tertiary/aromatic N) is 1. The van der Waals surface area contributed by atoms with E-state index in [1.807, 2.05) is 38.1 Å². The summed E-state index contributed by atoms with van der Waals surface area (Å²) in [4.78, 5) is 25.4. The van der Waals surface area contributed by atoms with Crippen molar-refractivity contribution in [1.29, 1.82) is 0 Å². The fourth-order valence-corrected chi connectivity index (χ4v) is 2.98. The third kappa shape index (κ3) is 4.03. The lowest BCUT2D eigenvalue weighted by molar-refractivity contribution is -0.135. The zero-order valence-electron chi connectivity index (χ0n) is 13.9. The quantitative estimate of drug-likeness (QED) is 0.837. The Kier molecular flexibility index (Phi) is 5.44. The zero-order chi connectivity index (χ0) is 17.9. The second-order valence-corrected chi connectivity index (χ2v) is 7.21. The third-order valence-corrected chi connectivity index (χ3v) is 4.54. The van der Waals surface area contributed by atoms with E-state index < -0.39 is 11.4 Å². The van der Waals surface area contributed by atoms with Crippen LogP contribution >= 0.6 is 15.9 Å². The molecule has 0 spiro atoms. The smallest absolute Gasteiger partial charge is 0.335 e. The molecule has 2 aromatic rings. The molecule has 1 amide bonds. The van der Waals surface area contributed by atoms with Crippen LogP contribution in [0.2, 0.25) is 0 Å². The van der Waals surface area contributed by atoms with Gasteiger partial charge >= 0.3 is 5.97 Å². The van der Waals surface area contributed by atoms with Crippen molar-refractivity contribution in [3.63, 3.8) is 0 Å². The van der Waals surface area contributed by atoms with Crippen LogP contribution in [0.5, 0.6) is 0 Å². The lowest BCUT2D eigenvalue weighted by Gasteiger charge is -2.30. The average Bonchev–Trinajstić information content (AvgIpc) is 2.54. The standard InChI is InChI=1S/C19H20BrNO3/c1-19(2,15-5-4-6-16(20)11-15)18(24)21(3)12-13-7-9-14(10-8-13)17(22)23/h4-11H,12H2,1-3H3,(H,22,23). The van der Waals surface area contributed by atoms with Gasteiger partial charge in [0.1, 0.15) is 0 Å². The van der Waals surface area contributed by atoms with Gasteiger partial charge in [-0.25, -0.2) is 4.79 Å². The highest BCUT2D eigenvalue weighted by atomic mass is 79.9. The summed E-state index contributed by atoms with van der Waals surface area (Å²) in [7, 11) is 1.76. The predicted molar refractivity (Wildman–Crippen MR) is 97.0 cm³/mol. The van der Waals surface area contributed by atoms with Crippen molar-refractivity contribution < 1.29 is 14.7 Å². The van der Waals surface area contributed by atoms with E-state index in [0.29, 0.717) is 6.54 Å². The fourth-order valence-electron chi connectivity index (χ4n) is 2.58. The number of hydrogen-bond acceptors (Lipinski definition) is 2. The van der Waals surface area contributed by atoms with Crippen molar-refractivity contribution in [3.05, 3.63) is 69.7 Å². The van der Waals surface area contributed by atoms with Crippen LogP contribution in [0.1, 0.15) is 35.3 Å². The molecule has 1 N–H and O–H groups in total. The van der Waals surface area contributed by atoms with Crippen molar-refractivity contribution in [2.24, 2.45) is 0 Å². The van der Waals surface area contributed by atoms with Crippen LogP contribution in [0, 0.1) is 0 Å². The number of aromatic carboxylic acids is 1. The topological polar surface area (TPSA) is 57.6 Å². The summed E-state index contributed by atoms with van der Waals surface area (Å²) in [6.07, 6.45) is 0. The van der Waals surface area contributed by atoms with Gasteiger partial charge in [0.15, 0.2) is 0 Å². The Morgan fingerprint density at radius 3 is 2.29 bits per heavy atom. The Labute approximate surface area is 150 Å². The van der Waals surface area contributed by atoms with Gasteiger partial charge in [-0.05, 0) is 49.2 Å². The second kappa shape index (κ2) is 7.18. The maximum absolute atomic E-state index is 12.9. The molecule has 126 valence electrons. The summed E-state index contributed by atoms with van der Waals surface area (Å²) in [5, 5.41) is 8.93. The van der Waals surface area contributed by atoms with Gasteiger partial charge in [0, 0.05) is 18.1 Å². The number of carbonyl (C=O) groups excluding carboxylic acids is 1. The normalized spacial score (nSPS) is 11.2. The zero-order valence-corrected chi connectivity index (χ0v) is 15.5. The Hall–Kier alpha value is -2.14. The largest absolute Gasteiger partial charge is 0.478 e. The Morgan fingerprint density at radius 2 is 1.75 bits per heavy atom. The molecule has 24 heavy (non-hydrogen) atoms. The molecule has 0 aliphatic rings. The van der Waals surface area contributed by atoms with Gasteiger partial charge in [0.2, 0.25) is 5.91 Å². The van der Waals surface area contributed by atoms with E-state index in [1.165, 1.54) is 0 Å². The van der Waals surface area contributed by atoms with Gasteiger partial charge in [0.25, 0.3) is 0 Å². The maximum Gasteiger partial charge on any atom is 0.335 e. The molecule has 0 atom stereocenters. The molecule has 0 bridgehead atoms. The summed E-state index contributed by atoms with van der Waals surface area (Å²) in [6, 6.07) is 14.3. The summed E-state index contributed by atoms with van der Waals surface area (Å²) in [5.41, 5.74) is 1.41. The minimum absolute atomic E-state index is 0.00270. The van der Waals surface area contributed by atoms with Crippen LogP contribution in [0.4, 0.5) is 0 Å². The van der Waals surface area contributed by atoms with E-state index >= 15 is 0 Å². The van der Waals surface area contributed by atoms with Gasteiger partial charge in [-0.1, -0.05) is 40.2 Å². The number of carboxylic acids is 1. The van der Waals surface area contributed by atoms with Crippen LogP contribution in [0.15, 0.2) is 53.0 Å². The molecule has 0 aliphatic carbocycles. The van der Waals surface area contributed by atoms with Crippen LogP contribution in [-0.4, -0.2) is 28.9 Å². The van der Waals surface area contributed by atoms with Crippen LogP contribution in [0.3, 0.4) is 0 Å². The number of carboxylic acid groups (broad SMARTS) is 1. The molecule has 0 saturated carbocycles. The molecule has 0 unspecified atom stereocenters. The van der Waals surface area contributed by atoms with Crippen LogP contribution in [0.25, 0.3) is 0 Å². The number of benzene rings is 2. The molecule has 0 saturated heterocycles. The molecule has 4 nitrogen and oxygen atoms in total. The first kappa shape index (κ1) is 18.2. The molecule has 5 heteroatoms. The monoisotopic (exact) mass is 389 g/mol. The first-order valence-electron chi connectivity index (χ1n) is 7.55. The molecule has 0 heterocycles. The number of carbonyl (C=O) groups is 2. The van der Waals surface area contributed by atoms with E-state index in [0.717, 1.165) is 15.6 Å². The summed E-state index contributed by atoms with van der Waals surface area (Å²) in [5.74, 6) is -0.954. The second-order valence-electron chi connectivity index (χ2n) is 6.30. The first-order chi connectivity index (χ1) is 11.2. The first-order valence-corrected chi connectivity index (χ1v) is 8.35. The van der Waals surface area contributed by atoms with Crippen LogP contribution in [-0.2, 0) is 16.8 Å². The van der Waals surface area contributed by atoms with E-state index in [2.05, 4.69) is 15.9 Å². The third-order valence-electron chi connectivity index (χ3n) is 4.05. The molecule has 2 aromatic carbocycles. The van der Waals surface area contributed by atoms with Crippen molar-refractivity contribution in [2.75, 3.05) is 7.05 Å². The van der Waals surface area contributed by atoms with Crippen molar-refractivity contribution >= 4 is 27.8 Å². The Morgan fingerprint density at radius 1 is 1.12 bits per heavy atom. The SMILES string of the molecule is CN(Cc1ccc(C(=O)O)cc1)C(=O)C(C)(C)c1cccc(Br)c1. The lowest BCUT2D eigenvalue weighted by Crippen LogP contribution is -2.41. The molecule has 0 aliphatic heterocycles. The predicted octanol–water partition coefficient (Wildman–Crippen LogP) is 4.08. The van der Waals surface area contributed by atoms with Crippen molar-refractivity contribution in [2.45, 2.75) is 25.8 Å². The summed E-state index contributed by atoms with van der Waals surface area (Å²) >= 11 is 3.44. The van der Waals surface area contributed by atoms with E-state index in [4.69, 9.17) is 5.11 Å². The highest BCUT2D eigenvalue weighted by Gasteiger charge is 2.32. The van der Waals surface area contributed by atoms with Crippen LogP contribution < -0.4 is 0 Å². The molecular formula is C19H20BrNO3. The van der Waals surface area contributed by atoms with Gasteiger partial charge in [-0.3, -0.25) is 4.79 Å². The molecule has 0 radical (unpaired) electrons. The fraction of sp³-hybridized carbons (Fsp3) is 0.263. The molecule has 0 fully saturated rings. The van der Waals surface area contributed by atoms with Gasteiger partial charge in [0.05, 0.1) is 11.0 Å². The summed E-state index contributed by atoms with van der Waals surface area (Å²) < 4.78 is 0.938. The average molecular weight is 390 g/mol. The number of likely N-dealkylation sites (N-methyl/N-ethyl adjacent to an activating group) is 1. The number of amides is 1. The van der Waals surface area contributed by atoms with Crippen molar-refractivity contribution in [1.82, 2.24) is 4.90 Å². The highest BCUT2D eigenvalue weighted by molar-refractivity contribution is 9.10. The van der Waals surface area contributed by atoms with E-state index in [-0.39, 0.29) is 11.5 Å². The van der Waals surface area contributed by atoms with E-state index in [1.54, 1.807) is 36.2 Å².